The van der Waals surface area contributed by atoms with Crippen LogP contribution in [-0.2, 0) is 0 Å². The topological polar surface area (TPSA) is 26.0 Å². The molecule has 0 saturated heterocycles. The molecule has 0 aliphatic rings. The van der Waals surface area contributed by atoms with Gasteiger partial charge in [-0.15, -0.1) is 0 Å². The average Bonchev–Trinajstić information content (AvgIpc) is 2.27. The summed E-state index contributed by atoms with van der Waals surface area (Å²) in [7, 11) is 0. The van der Waals surface area contributed by atoms with Gasteiger partial charge in [0.2, 0.25) is 0 Å². The highest BCUT2D eigenvalue weighted by Crippen LogP contribution is 2.28. The smallest absolute Gasteiger partial charge is 0.166 e. The minimum atomic E-state index is -1.15. The van der Waals surface area contributed by atoms with E-state index in [1.54, 1.807) is 0 Å². The zero-order valence-electron chi connectivity index (χ0n) is 8.48. The number of anilines is 1. The molecule has 0 radical (unpaired) electrons. The van der Waals surface area contributed by atoms with E-state index in [-0.39, 0.29) is 16.8 Å². The molecule has 0 heterocycles. The van der Waals surface area contributed by atoms with Crippen LogP contribution in [0.3, 0.4) is 0 Å². The predicted octanol–water partition coefficient (Wildman–Crippen LogP) is 3.49. The first-order valence-corrected chi connectivity index (χ1v) is 4.69. The molecular formula is C12H7F4N. The van der Waals surface area contributed by atoms with E-state index in [0.717, 1.165) is 30.3 Å². The number of hydrogen-bond acceptors (Lipinski definition) is 1. The summed E-state index contributed by atoms with van der Waals surface area (Å²) < 4.78 is 52.2. The summed E-state index contributed by atoms with van der Waals surface area (Å²) in [5.41, 5.74) is 5.18. The third-order valence-corrected chi connectivity index (χ3v) is 2.28. The Morgan fingerprint density at radius 3 is 2.12 bits per heavy atom. The molecule has 17 heavy (non-hydrogen) atoms. The second-order valence-corrected chi connectivity index (χ2v) is 3.49. The van der Waals surface area contributed by atoms with E-state index >= 15 is 0 Å². The van der Waals surface area contributed by atoms with Crippen LogP contribution in [0.4, 0.5) is 23.2 Å². The van der Waals surface area contributed by atoms with Crippen LogP contribution < -0.4 is 5.73 Å². The van der Waals surface area contributed by atoms with Crippen molar-refractivity contribution in [1.29, 1.82) is 0 Å². The van der Waals surface area contributed by atoms with Crippen molar-refractivity contribution in [3.63, 3.8) is 0 Å². The molecule has 2 N–H and O–H groups in total. The van der Waals surface area contributed by atoms with Gasteiger partial charge in [0.15, 0.2) is 23.3 Å². The minimum Gasteiger partial charge on any atom is -0.399 e. The molecule has 0 bridgehead atoms. The summed E-state index contributed by atoms with van der Waals surface area (Å²) in [6, 6.07) is 4.75. The monoisotopic (exact) mass is 241 g/mol. The van der Waals surface area contributed by atoms with Crippen LogP contribution in [0.1, 0.15) is 0 Å². The fraction of sp³-hybridized carbons (Fsp3) is 0. The largest absolute Gasteiger partial charge is 0.399 e. The molecule has 88 valence electrons. The number of halogens is 4. The van der Waals surface area contributed by atoms with Gasteiger partial charge in [0.1, 0.15) is 0 Å². The fourth-order valence-electron chi connectivity index (χ4n) is 1.48. The van der Waals surface area contributed by atoms with Crippen LogP contribution >= 0.6 is 0 Å². The van der Waals surface area contributed by atoms with E-state index in [1.807, 2.05) is 0 Å². The van der Waals surface area contributed by atoms with E-state index in [9.17, 15) is 17.6 Å². The maximum atomic E-state index is 13.5. The normalized spacial score (nSPS) is 10.6. The zero-order chi connectivity index (χ0) is 12.6. The first-order chi connectivity index (χ1) is 7.99. The van der Waals surface area contributed by atoms with E-state index in [2.05, 4.69) is 0 Å². The molecule has 2 rings (SSSR count). The molecule has 0 aliphatic carbocycles. The highest BCUT2D eigenvalue weighted by molar-refractivity contribution is 5.68. The van der Waals surface area contributed by atoms with Gasteiger partial charge in [-0.25, -0.2) is 17.6 Å². The second kappa shape index (κ2) is 4.08. The Morgan fingerprint density at radius 2 is 1.47 bits per heavy atom. The van der Waals surface area contributed by atoms with Crippen molar-refractivity contribution in [3.8, 4) is 11.1 Å². The van der Waals surface area contributed by atoms with Crippen LogP contribution in [-0.4, -0.2) is 0 Å². The first kappa shape index (κ1) is 11.4. The summed E-state index contributed by atoms with van der Waals surface area (Å²) in [5.74, 6) is -4.47. The maximum absolute atomic E-state index is 13.5. The Balaban J connectivity index is 2.64. The quantitative estimate of drug-likeness (QED) is 0.600. The standard InChI is InChI=1S/C12H7F4N/c13-9-2-1-6(3-10(9)14)8-4-7(17)5-11(15)12(8)16/h1-5H,17H2. The maximum Gasteiger partial charge on any atom is 0.166 e. The van der Waals surface area contributed by atoms with Crippen LogP contribution in [0.15, 0.2) is 30.3 Å². The minimum absolute atomic E-state index is 0.00336. The van der Waals surface area contributed by atoms with Crippen LogP contribution in [0, 0.1) is 23.3 Å². The summed E-state index contributed by atoms with van der Waals surface area (Å²) in [6.07, 6.45) is 0. The molecular weight excluding hydrogens is 234 g/mol. The van der Waals surface area contributed by atoms with E-state index in [0.29, 0.717) is 0 Å². The van der Waals surface area contributed by atoms with Crippen molar-refractivity contribution in [2.24, 2.45) is 0 Å². The molecule has 0 spiro atoms. The lowest BCUT2D eigenvalue weighted by Gasteiger charge is -2.06. The zero-order valence-corrected chi connectivity index (χ0v) is 8.48. The highest BCUT2D eigenvalue weighted by atomic mass is 19.2. The van der Waals surface area contributed by atoms with Crippen molar-refractivity contribution in [2.75, 3.05) is 5.73 Å². The Hall–Kier alpha value is -2.04. The number of hydrogen-bond donors (Lipinski definition) is 1. The van der Waals surface area contributed by atoms with Gasteiger partial charge < -0.3 is 5.73 Å². The molecule has 0 aliphatic heterocycles. The van der Waals surface area contributed by atoms with Crippen molar-refractivity contribution >= 4 is 5.69 Å². The lowest BCUT2D eigenvalue weighted by Crippen LogP contribution is -1.95. The van der Waals surface area contributed by atoms with E-state index in [4.69, 9.17) is 5.73 Å². The van der Waals surface area contributed by atoms with Crippen molar-refractivity contribution in [2.45, 2.75) is 0 Å². The first-order valence-electron chi connectivity index (χ1n) is 4.69. The Bertz CT molecular complexity index is 581. The van der Waals surface area contributed by atoms with Crippen molar-refractivity contribution in [3.05, 3.63) is 53.6 Å². The molecule has 2 aromatic carbocycles. The predicted molar refractivity (Wildman–Crippen MR) is 56.1 cm³/mol. The number of benzene rings is 2. The van der Waals surface area contributed by atoms with Crippen LogP contribution in [0.2, 0.25) is 0 Å². The van der Waals surface area contributed by atoms with Gasteiger partial charge in [-0.05, 0) is 29.8 Å². The molecule has 0 fully saturated rings. The molecule has 0 aromatic heterocycles. The number of nitrogens with two attached hydrogens (primary N) is 1. The van der Waals surface area contributed by atoms with Gasteiger partial charge in [0, 0.05) is 11.3 Å². The van der Waals surface area contributed by atoms with E-state index < -0.39 is 23.3 Å². The Kier molecular flexibility index (Phi) is 2.75. The lowest BCUT2D eigenvalue weighted by atomic mass is 10.0. The Morgan fingerprint density at radius 1 is 0.765 bits per heavy atom. The molecule has 2 aromatic rings. The van der Waals surface area contributed by atoms with Crippen molar-refractivity contribution < 1.29 is 17.6 Å². The fourth-order valence-corrected chi connectivity index (χ4v) is 1.48. The SMILES string of the molecule is Nc1cc(F)c(F)c(-c2ccc(F)c(F)c2)c1. The molecule has 0 atom stereocenters. The lowest BCUT2D eigenvalue weighted by molar-refractivity contribution is 0.506. The molecule has 0 unspecified atom stereocenters. The van der Waals surface area contributed by atoms with Crippen LogP contribution in [0.25, 0.3) is 11.1 Å². The summed E-state index contributed by atoms with van der Waals surface area (Å²) in [6.45, 7) is 0. The third kappa shape index (κ3) is 2.08. The van der Waals surface area contributed by atoms with Gasteiger partial charge in [-0.3, -0.25) is 0 Å². The Labute approximate surface area is 94.5 Å². The van der Waals surface area contributed by atoms with Gasteiger partial charge >= 0.3 is 0 Å². The molecule has 5 heteroatoms. The van der Waals surface area contributed by atoms with Gasteiger partial charge in [0.25, 0.3) is 0 Å². The van der Waals surface area contributed by atoms with Gasteiger partial charge in [0.05, 0.1) is 0 Å². The van der Waals surface area contributed by atoms with Crippen molar-refractivity contribution in [1.82, 2.24) is 0 Å². The van der Waals surface area contributed by atoms with E-state index in [1.165, 1.54) is 0 Å². The second-order valence-electron chi connectivity index (χ2n) is 3.49. The molecule has 0 saturated carbocycles. The van der Waals surface area contributed by atoms with Crippen LogP contribution in [0.5, 0.6) is 0 Å². The van der Waals surface area contributed by atoms with Gasteiger partial charge in [-0.2, -0.15) is 0 Å². The number of nitrogen functional groups attached to an aromatic ring is 1. The average molecular weight is 241 g/mol. The summed E-state index contributed by atoms with van der Waals surface area (Å²) in [5, 5.41) is 0. The summed E-state index contributed by atoms with van der Waals surface area (Å²) >= 11 is 0. The third-order valence-electron chi connectivity index (χ3n) is 2.28. The number of rotatable bonds is 1. The van der Waals surface area contributed by atoms with Gasteiger partial charge in [-0.1, -0.05) is 6.07 Å². The highest BCUT2D eigenvalue weighted by Gasteiger charge is 2.13. The molecule has 0 amide bonds. The summed E-state index contributed by atoms with van der Waals surface area (Å²) in [4.78, 5) is 0. The molecule has 1 nitrogen and oxygen atoms in total.